The molecule has 0 bridgehead atoms. The number of aromatic nitrogens is 1. The lowest BCUT2D eigenvalue weighted by Gasteiger charge is -2.23. The normalized spacial score (nSPS) is 10.7. The number of benzene rings is 2. The van der Waals surface area contributed by atoms with E-state index in [4.69, 9.17) is 11.6 Å². The predicted octanol–water partition coefficient (Wildman–Crippen LogP) is 3.71. The standard InChI is InChI=1S/C18H15ClN2O2/c19-10-18(23)21(12-13-3-2-8-20-11-13)17-5-1-4-14-6-7-15(22)9-16(14)17/h1-9,11,22H,10,12H2. The summed E-state index contributed by atoms with van der Waals surface area (Å²) in [7, 11) is 0. The molecule has 0 atom stereocenters. The van der Waals surface area contributed by atoms with E-state index in [1.54, 1.807) is 29.4 Å². The number of phenols is 1. The molecule has 2 aromatic carbocycles. The highest BCUT2D eigenvalue weighted by Gasteiger charge is 2.18. The SMILES string of the molecule is O=C(CCl)N(Cc1cccnc1)c1cccc2ccc(O)cc12. The molecule has 23 heavy (non-hydrogen) atoms. The molecule has 0 aliphatic rings. The maximum Gasteiger partial charge on any atom is 0.242 e. The summed E-state index contributed by atoms with van der Waals surface area (Å²) in [6.07, 6.45) is 3.41. The van der Waals surface area contributed by atoms with E-state index in [0.29, 0.717) is 12.2 Å². The summed E-state index contributed by atoms with van der Waals surface area (Å²) in [5, 5.41) is 11.5. The van der Waals surface area contributed by atoms with E-state index < -0.39 is 0 Å². The van der Waals surface area contributed by atoms with Crippen LogP contribution < -0.4 is 4.90 Å². The number of hydrogen-bond donors (Lipinski definition) is 1. The molecule has 1 heterocycles. The number of rotatable bonds is 4. The Morgan fingerprint density at radius 1 is 1.17 bits per heavy atom. The molecule has 0 radical (unpaired) electrons. The van der Waals surface area contributed by atoms with Gasteiger partial charge in [-0.3, -0.25) is 9.78 Å². The molecule has 1 amide bonds. The monoisotopic (exact) mass is 326 g/mol. The summed E-state index contributed by atoms with van der Waals surface area (Å²) in [5.74, 6) is -0.161. The van der Waals surface area contributed by atoms with Crippen LogP contribution in [0.5, 0.6) is 5.75 Å². The summed E-state index contributed by atoms with van der Waals surface area (Å²) in [4.78, 5) is 18.1. The molecule has 4 nitrogen and oxygen atoms in total. The minimum Gasteiger partial charge on any atom is -0.508 e. The van der Waals surface area contributed by atoms with Crippen molar-refractivity contribution in [2.75, 3.05) is 10.8 Å². The van der Waals surface area contributed by atoms with Crippen LogP contribution in [0.3, 0.4) is 0 Å². The predicted molar refractivity (Wildman–Crippen MR) is 91.8 cm³/mol. The summed E-state index contributed by atoms with van der Waals surface area (Å²) in [6, 6.07) is 14.5. The average Bonchev–Trinajstić information content (AvgIpc) is 2.59. The number of alkyl halides is 1. The molecule has 0 aliphatic heterocycles. The highest BCUT2D eigenvalue weighted by Crippen LogP contribution is 2.31. The van der Waals surface area contributed by atoms with Gasteiger partial charge in [-0.1, -0.05) is 24.3 Å². The third kappa shape index (κ3) is 3.27. The van der Waals surface area contributed by atoms with Gasteiger partial charge < -0.3 is 10.0 Å². The van der Waals surface area contributed by atoms with Gasteiger partial charge in [0.25, 0.3) is 0 Å². The third-order valence-corrected chi connectivity index (χ3v) is 3.84. The number of nitrogens with zero attached hydrogens (tertiary/aromatic N) is 2. The van der Waals surface area contributed by atoms with Gasteiger partial charge in [-0.15, -0.1) is 11.6 Å². The molecule has 0 unspecified atom stereocenters. The molecular formula is C18H15ClN2O2. The second kappa shape index (κ2) is 6.67. The van der Waals surface area contributed by atoms with Gasteiger partial charge in [0, 0.05) is 17.8 Å². The molecule has 116 valence electrons. The van der Waals surface area contributed by atoms with Crippen molar-refractivity contribution >= 4 is 34.0 Å². The molecule has 3 rings (SSSR count). The van der Waals surface area contributed by atoms with Crippen LogP contribution >= 0.6 is 11.6 Å². The fraction of sp³-hybridized carbons (Fsp3) is 0.111. The van der Waals surface area contributed by atoms with Gasteiger partial charge in [-0.2, -0.15) is 0 Å². The smallest absolute Gasteiger partial charge is 0.242 e. The molecule has 1 N–H and O–H groups in total. The summed E-state index contributed by atoms with van der Waals surface area (Å²) < 4.78 is 0. The number of pyridine rings is 1. The first-order valence-electron chi connectivity index (χ1n) is 7.16. The molecule has 5 heteroatoms. The fourth-order valence-electron chi connectivity index (χ4n) is 2.53. The van der Waals surface area contributed by atoms with Crippen molar-refractivity contribution in [3.8, 4) is 5.75 Å². The lowest BCUT2D eigenvalue weighted by molar-refractivity contribution is -0.116. The maximum absolute atomic E-state index is 12.4. The Bertz CT molecular complexity index is 837. The van der Waals surface area contributed by atoms with Crippen molar-refractivity contribution in [3.05, 3.63) is 66.5 Å². The number of amides is 1. The van der Waals surface area contributed by atoms with Crippen LogP contribution in [-0.2, 0) is 11.3 Å². The minimum absolute atomic E-state index is 0.116. The Labute approximate surface area is 139 Å². The quantitative estimate of drug-likeness (QED) is 0.744. The number of carbonyl (C=O) groups excluding carboxylic acids is 1. The van der Waals surface area contributed by atoms with Crippen LogP contribution in [0.15, 0.2) is 60.9 Å². The first-order valence-corrected chi connectivity index (χ1v) is 7.69. The zero-order valence-electron chi connectivity index (χ0n) is 12.3. The molecule has 1 aromatic heterocycles. The first kappa shape index (κ1) is 15.3. The van der Waals surface area contributed by atoms with Crippen molar-refractivity contribution < 1.29 is 9.90 Å². The van der Waals surface area contributed by atoms with Gasteiger partial charge in [-0.25, -0.2) is 0 Å². The van der Waals surface area contributed by atoms with E-state index in [0.717, 1.165) is 16.3 Å². The second-order valence-corrected chi connectivity index (χ2v) is 5.42. The van der Waals surface area contributed by atoms with Crippen LogP contribution in [0.2, 0.25) is 0 Å². The van der Waals surface area contributed by atoms with Crippen LogP contribution in [0, 0.1) is 0 Å². The third-order valence-electron chi connectivity index (χ3n) is 3.61. The molecule has 0 saturated carbocycles. The number of phenolic OH excluding ortho intramolecular Hbond substituents is 1. The lowest BCUT2D eigenvalue weighted by atomic mass is 10.1. The van der Waals surface area contributed by atoms with E-state index in [9.17, 15) is 9.90 Å². The molecule has 0 fully saturated rings. The lowest BCUT2D eigenvalue weighted by Crippen LogP contribution is -2.31. The van der Waals surface area contributed by atoms with Crippen LogP contribution in [0.25, 0.3) is 10.8 Å². The van der Waals surface area contributed by atoms with Gasteiger partial charge in [0.1, 0.15) is 11.6 Å². The average molecular weight is 327 g/mol. The number of halogens is 1. The number of carbonyl (C=O) groups is 1. The Kier molecular flexibility index (Phi) is 4.44. The zero-order chi connectivity index (χ0) is 16.2. The number of anilines is 1. The first-order chi connectivity index (χ1) is 11.2. The van der Waals surface area contributed by atoms with E-state index in [-0.39, 0.29) is 17.5 Å². The Balaban J connectivity index is 2.10. The van der Waals surface area contributed by atoms with E-state index in [1.165, 1.54) is 0 Å². The second-order valence-electron chi connectivity index (χ2n) is 5.16. The van der Waals surface area contributed by atoms with Crippen LogP contribution in [0.4, 0.5) is 5.69 Å². The molecule has 0 aliphatic carbocycles. The zero-order valence-corrected chi connectivity index (χ0v) is 13.1. The minimum atomic E-state index is -0.202. The summed E-state index contributed by atoms with van der Waals surface area (Å²) in [6.45, 7) is 0.369. The number of fused-ring (bicyclic) bond motifs is 1. The number of aromatic hydroxyl groups is 1. The number of hydrogen-bond acceptors (Lipinski definition) is 3. The van der Waals surface area contributed by atoms with Gasteiger partial charge >= 0.3 is 0 Å². The Morgan fingerprint density at radius 3 is 2.78 bits per heavy atom. The van der Waals surface area contributed by atoms with Crippen molar-refractivity contribution in [1.82, 2.24) is 4.98 Å². The van der Waals surface area contributed by atoms with Crippen molar-refractivity contribution in [2.24, 2.45) is 0 Å². The van der Waals surface area contributed by atoms with Crippen molar-refractivity contribution in [2.45, 2.75) is 6.54 Å². The molecular weight excluding hydrogens is 312 g/mol. The summed E-state index contributed by atoms with van der Waals surface area (Å²) in [5.41, 5.74) is 1.62. The van der Waals surface area contributed by atoms with E-state index >= 15 is 0 Å². The largest absolute Gasteiger partial charge is 0.508 e. The fourth-order valence-corrected chi connectivity index (χ4v) is 2.68. The van der Waals surface area contributed by atoms with Crippen molar-refractivity contribution in [3.63, 3.8) is 0 Å². The van der Waals surface area contributed by atoms with E-state index in [2.05, 4.69) is 4.98 Å². The molecule has 0 saturated heterocycles. The maximum atomic E-state index is 12.4. The van der Waals surface area contributed by atoms with Crippen LogP contribution in [-0.4, -0.2) is 21.9 Å². The van der Waals surface area contributed by atoms with Crippen molar-refractivity contribution in [1.29, 1.82) is 0 Å². The van der Waals surface area contributed by atoms with Gasteiger partial charge in [0.05, 0.1) is 12.2 Å². The van der Waals surface area contributed by atoms with Crippen LogP contribution in [0.1, 0.15) is 5.56 Å². The topological polar surface area (TPSA) is 53.4 Å². The van der Waals surface area contributed by atoms with E-state index in [1.807, 2.05) is 36.4 Å². The molecule has 0 spiro atoms. The molecule has 3 aromatic rings. The highest BCUT2D eigenvalue weighted by atomic mass is 35.5. The van der Waals surface area contributed by atoms with Gasteiger partial charge in [0.2, 0.25) is 5.91 Å². The van der Waals surface area contributed by atoms with Gasteiger partial charge in [-0.05, 0) is 35.2 Å². The Hall–Kier alpha value is -2.59. The van der Waals surface area contributed by atoms with Gasteiger partial charge in [0.15, 0.2) is 0 Å². The Morgan fingerprint density at radius 2 is 2.04 bits per heavy atom. The summed E-state index contributed by atoms with van der Waals surface area (Å²) >= 11 is 5.79. The highest BCUT2D eigenvalue weighted by molar-refractivity contribution is 6.29.